The second-order valence-corrected chi connectivity index (χ2v) is 5.26. The van der Waals surface area contributed by atoms with Crippen LogP contribution in [0.2, 0.25) is 0 Å². The third kappa shape index (κ3) is 2.33. The third-order valence-corrected chi connectivity index (χ3v) is 3.46. The smallest absolute Gasteiger partial charge is 0.251 e. The van der Waals surface area contributed by atoms with E-state index in [-0.39, 0.29) is 18.4 Å². The minimum absolute atomic E-state index is 0.0997. The summed E-state index contributed by atoms with van der Waals surface area (Å²) < 4.78 is 0. The van der Waals surface area contributed by atoms with Crippen molar-refractivity contribution in [1.29, 1.82) is 0 Å². The molecule has 0 saturated carbocycles. The fraction of sp³-hybridized carbons (Fsp3) is 0.429. The highest BCUT2D eigenvalue weighted by molar-refractivity contribution is 6.06. The molecule has 1 heterocycles. The zero-order chi connectivity index (χ0) is 14.2. The maximum atomic E-state index is 12.0. The van der Waals surface area contributed by atoms with Gasteiger partial charge in [0.05, 0.1) is 12.6 Å². The zero-order valence-electron chi connectivity index (χ0n) is 11.3. The Morgan fingerprint density at radius 1 is 1.32 bits per heavy atom. The summed E-state index contributed by atoms with van der Waals surface area (Å²) in [5, 5.41) is 12.2. The minimum Gasteiger partial charge on any atom is -0.389 e. The van der Waals surface area contributed by atoms with E-state index in [0.717, 1.165) is 0 Å². The number of imide groups is 1. The van der Waals surface area contributed by atoms with Crippen molar-refractivity contribution in [1.82, 2.24) is 5.32 Å². The SMILES string of the molecule is C[C@@H](O)c1ccccc1N1CC(=O)NC(=O)C1(C)C. The largest absolute Gasteiger partial charge is 0.389 e. The topological polar surface area (TPSA) is 69.6 Å². The number of carbonyl (C=O) groups excluding carboxylic acids is 2. The summed E-state index contributed by atoms with van der Waals surface area (Å²) in [6, 6.07) is 7.27. The van der Waals surface area contributed by atoms with Gasteiger partial charge in [-0.3, -0.25) is 14.9 Å². The molecule has 102 valence electrons. The van der Waals surface area contributed by atoms with E-state index in [1.165, 1.54) is 0 Å². The summed E-state index contributed by atoms with van der Waals surface area (Å²) in [5.74, 6) is -0.658. The van der Waals surface area contributed by atoms with Crippen molar-refractivity contribution in [3.8, 4) is 0 Å². The first kappa shape index (κ1) is 13.5. The van der Waals surface area contributed by atoms with Crippen molar-refractivity contribution in [3.63, 3.8) is 0 Å². The molecule has 2 N–H and O–H groups in total. The second-order valence-electron chi connectivity index (χ2n) is 5.26. The van der Waals surface area contributed by atoms with Crippen LogP contribution in [0.3, 0.4) is 0 Å². The van der Waals surface area contributed by atoms with E-state index in [0.29, 0.717) is 11.3 Å². The molecule has 0 aliphatic carbocycles. The van der Waals surface area contributed by atoms with Crippen LogP contribution in [0.4, 0.5) is 5.69 Å². The van der Waals surface area contributed by atoms with Gasteiger partial charge in [0.15, 0.2) is 0 Å². The third-order valence-electron chi connectivity index (χ3n) is 3.46. The number of anilines is 1. The molecular weight excluding hydrogens is 244 g/mol. The number of hydrogen-bond donors (Lipinski definition) is 2. The first-order chi connectivity index (χ1) is 8.84. The van der Waals surface area contributed by atoms with Crippen LogP contribution in [0.1, 0.15) is 32.4 Å². The molecule has 1 saturated heterocycles. The Balaban J connectivity index is 2.50. The van der Waals surface area contributed by atoms with E-state index in [9.17, 15) is 14.7 Å². The molecule has 2 rings (SSSR count). The average molecular weight is 262 g/mol. The summed E-state index contributed by atoms with van der Waals surface area (Å²) in [7, 11) is 0. The first-order valence-electron chi connectivity index (χ1n) is 6.23. The lowest BCUT2D eigenvalue weighted by Gasteiger charge is -2.42. The maximum Gasteiger partial charge on any atom is 0.251 e. The van der Waals surface area contributed by atoms with Gasteiger partial charge in [-0.1, -0.05) is 18.2 Å². The van der Waals surface area contributed by atoms with Crippen LogP contribution in [0.25, 0.3) is 0 Å². The lowest BCUT2D eigenvalue weighted by Crippen LogP contribution is -2.64. The van der Waals surface area contributed by atoms with Crippen LogP contribution in [0, 0.1) is 0 Å². The summed E-state index contributed by atoms with van der Waals surface area (Å²) >= 11 is 0. The highest BCUT2D eigenvalue weighted by Gasteiger charge is 2.41. The normalized spacial score (nSPS) is 20.1. The summed E-state index contributed by atoms with van der Waals surface area (Å²) in [4.78, 5) is 25.3. The lowest BCUT2D eigenvalue weighted by atomic mass is 9.95. The van der Waals surface area contributed by atoms with Gasteiger partial charge in [0, 0.05) is 11.3 Å². The molecule has 1 aliphatic rings. The van der Waals surface area contributed by atoms with Gasteiger partial charge in [-0.2, -0.15) is 0 Å². The molecule has 5 heteroatoms. The Bertz CT molecular complexity index is 523. The van der Waals surface area contributed by atoms with E-state index in [1.54, 1.807) is 31.7 Å². The molecule has 1 aromatic rings. The second kappa shape index (κ2) is 4.66. The molecule has 0 bridgehead atoms. The molecule has 0 aromatic heterocycles. The van der Waals surface area contributed by atoms with Gasteiger partial charge in [-0.25, -0.2) is 0 Å². The van der Waals surface area contributed by atoms with E-state index in [2.05, 4.69) is 5.32 Å². The number of piperazine rings is 1. The Morgan fingerprint density at radius 3 is 2.58 bits per heavy atom. The van der Waals surface area contributed by atoms with Crippen molar-refractivity contribution in [3.05, 3.63) is 29.8 Å². The number of para-hydroxylation sites is 1. The molecule has 1 aliphatic heterocycles. The molecule has 0 radical (unpaired) electrons. The number of nitrogens with one attached hydrogen (secondary N) is 1. The number of hydrogen-bond acceptors (Lipinski definition) is 4. The molecule has 1 fully saturated rings. The lowest BCUT2D eigenvalue weighted by molar-refractivity contribution is -0.135. The summed E-state index contributed by atoms with van der Waals surface area (Å²) in [6.45, 7) is 5.28. The predicted octanol–water partition coefficient (Wildman–Crippen LogP) is 0.981. The Morgan fingerprint density at radius 2 is 1.95 bits per heavy atom. The van der Waals surface area contributed by atoms with Crippen LogP contribution < -0.4 is 10.2 Å². The van der Waals surface area contributed by atoms with Gasteiger partial charge in [0.1, 0.15) is 5.54 Å². The zero-order valence-corrected chi connectivity index (χ0v) is 11.3. The van der Waals surface area contributed by atoms with Crippen molar-refractivity contribution in [2.75, 3.05) is 11.4 Å². The standard InChI is InChI=1S/C14H18N2O3/c1-9(17)10-6-4-5-7-11(10)16-8-12(18)15-13(19)14(16,2)3/h4-7,9,17H,8H2,1-3H3,(H,15,18,19)/t9-/m1/s1. The number of nitrogens with zero attached hydrogens (tertiary/aromatic N) is 1. The van der Waals surface area contributed by atoms with E-state index >= 15 is 0 Å². The van der Waals surface area contributed by atoms with Crippen LogP contribution in [-0.2, 0) is 9.59 Å². The molecule has 0 spiro atoms. The molecule has 2 amide bonds. The van der Waals surface area contributed by atoms with E-state index < -0.39 is 11.6 Å². The highest BCUT2D eigenvalue weighted by atomic mass is 16.3. The average Bonchev–Trinajstić information content (AvgIpc) is 2.34. The molecule has 19 heavy (non-hydrogen) atoms. The van der Waals surface area contributed by atoms with Gasteiger partial charge >= 0.3 is 0 Å². The molecular formula is C14H18N2O3. The Hall–Kier alpha value is -1.88. The van der Waals surface area contributed by atoms with Crippen LogP contribution in [0.15, 0.2) is 24.3 Å². The van der Waals surface area contributed by atoms with Gasteiger partial charge in [-0.05, 0) is 26.8 Å². The van der Waals surface area contributed by atoms with Gasteiger partial charge in [0.25, 0.3) is 5.91 Å². The predicted molar refractivity (Wildman–Crippen MR) is 71.7 cm³/mol. The van der Waals surface area contributed by atoms with Crippen molar-refractivity contribution in [2.24, 2.45) is 0 Å². The number of rotatable bonds is 2. The van der Waals surface area contributed by atoms with Crippen molar-refractivity contribution in [2.45, 2.75) is 32.4 Å². The fourth-order valence-corrected chi connectivity index (χ4v) is 2.26. The summed E-state index contributed by atoms with van der Waals surface area (Å²) in [6.07, 6.45) is -0.660. The number of aliphatic hydroxyl groups is 1. The van der Waals surface area contributed by atoms with Gasteiger partial charge in [0.2, 0.25) is 5.91 Å². The summed E-state index contributed by atoms with van der Waals surface area (Å²) in [5.41, 5.74) is 0.586. The molecule has 1 aromatic carbocycles. The maximum absolute atomic E-state index is 12.0. The number of amides is 2. The quantitative estimate of drug-likeness (QED) is 0.780. The number of aliphatic hydroxyl groups excluding tert-OH is 1. The number of benzene rings is 1. The Kier molecular flexibility index (Phi) is 3.32. The van der Waals surface area contributed by atoms with Gasteiger partial charge < -0.3 is 10.0 Å². The fourth-order valence-electron chi connectivity index (χ4n) is 2.26. The van der Waals surface area contributed by atoms with Crippen molar-refractivity contribution >= 4 is 17.5 Å². The van der Waals surface area contributed by atoms with E-state index in [1.807, 2.05) is 18.2 Å². The molecule has 1 atom stereocenters. The van der Waals surface area contributed by atoms with Crippen LogP contribution in [-0.4, -0.2) is 29.0 Å². The van der Waals surface area contributed by atoms with Crippen molar-refractivity contribution < 1.29 is 14.7 Å². The highest BCUT2D eigenvalue weighted by Crippen LogP contribution is 2.32. The van der Waals surface area contributed by atoms with E-state index in [4.69, 9.17) is 0 Å². The minimum atomic E-state index is -0.834. The van der Waals surface area contributed by atoms with Crippen LogP contribution >= 0.6 is 0 Å². The monoisotopic (exact) mass is 262 g/mol. The van der Waals surface area contributed by atoms with Gasteiger partial charge in [-0.15, -0.1) is 0 Å². The molecule has 5 nitrogen and oxygen atoms in total. The van der Waals surface area contributed by atoms with Crippen LogP contribution in [0.5, 0.6) is 0 Å². The first-order valence-corrected chi connectivity index (χ1v) is 6.23. The Labute approximate surface area is 112 Å². The molecule has 0 unspecified atom stereocenters. The number of carbonyl (C=O) groups is 2.